The Labute approximate surface area is 61.2 Å². The SMILES string of the molecule is CC(C)[C@@H](C)[C@@H](N)C(=O)O. The first-order valence-corrected chi connectivity index (χ1v) is 3.45. The molecule has 0 saturated carbocycles. The van der Waals surface area contributed by atoms with E-state index in [4.69, 9.17) is 10.8 Å². The van der Waals surface area contributed by atoms with Gasteiger partial charge in [-0.15, -0.1) is 0 Å². The fourth-order valence-corrected chi connectivity index (χ4v) is 0.640. The summed E-state index contributed by atoms with van der Waals surface area (Å²) in [6.07, 6.45) is 0. The molecule has 0 spiro atoms. The lowest BCUT2D eigenvalue weighted by atomic mass is 9.91. The van der Waals surface area contributed by atoms with E-state index in [0.29, 0.717) is 5.92 Å². The van der Waals surface area contributed by atoms with Gasteiger partial charge in [-0.25, -0.2) is 0 Å². The lowest BCUT2D eigenvalue weighted by Crippen LogP contribution is -2.38. The van der Waals surface area contributed by atoms with Crippen molar-refractivity contribution in [1.29, 1.82) is 0 Å². The topological polar surface area (TPSA) is 63.3 Å². The quantitative estimate of drug-likeness (QED) is 0.614. The second kappa shape index (κ2) is 3.56. The van der Waals surface area contributed by atoms with Crippen molar-refractivity contribution in [1.82, 2.24) is 0 Å². The summed E-state index contributed by atoms with van der Waals surface area (Å²) >= 11 is 0. The molecule has 0 aromatic carbocycles. The van der Waals surface area contributed by atoms with Crippen LogP contribution in [0.25, 0.3) is 0 Å². The Bertz CT molecular complexity index is 123. The second-order valence-electron chi connectivity index (χ2n) is 2.97. The molecule has 0 aromatic heterocycles. The molecular formula is C7H15NO2. The molecule has 0 aliphatic heterocycles. The summed E-state index contributed by atoms with van der Waals surface area (Å²) in [6.45, 7) is 5.78. The molecule has 10 heavy (non-hydrogen) atoms. The Balaban J connectivity index is 3.94. The molecule has 60 valence electrons. The molecule has 2 atom stereocenters. The summed E-state index contributed by atoms with van der Waals surface area (Å²) in [6, 6.07) is -0.722. The van der Waals surface area contributed by atoms with Crippen molar-refractivity contribution in [2.24, 2.45) is 17.6 Å². The Morgan fingerprint density at radius 2 is 1.80 bits per heavy atom. The van der Waals surface area contributed by atoms with E-state index in [2.05, 4.69) is 0 Å². The van der Waals surface area contributed by atoms with E-state index >= 15 is 0 Å². The van der Waals surface area contributed by atoms with Crippen LogP contribution < -0.4 is 5.73 Å². The summed E-state index contributed by atoms with van der Waals surface area (Å²) in [7, 11) is 0. The summed E-state index contributed by atoms with van der Waals surface area (Å²) in [4.78, 5) is 10.3. The third-order valence-electron chi connectivity index (χ3n) is 1.90. The molecule has 3 N–H and O–H groups in total. The van der Waals surface area contributed by atoms with Crippen LogP contribution in [-0.4, -0.2) is 17.1 Å². The highest BCUT2D eigenvalue weighted by atomic mass is 16.4. The predicted molar refractivity (Wildman–Crippen MR) is 39.6 cm³/mol. The zero-order valence-corrected chi connectivity index (χ0v) is 6.66. The first-order valence-electron chi connectivity index (χ1n) is 3.45. The first kappa shape index (κ1) is 9.43. The van der Waals surface area contributed by atoms with Gasteiger partial charge in [0.2, 0.25) is 0 Å². The van der Waals surface area contributed by atoms with Gasteiger partial charge in [-0.2, -0.15) is 0 Å². The molecule has 0 bridgehead atoms. The van der Waals surface area contributed by atoms with Gasteiger partial charge in [-0.05, 0) is 11.8 Å². The number of aliphatic carboxylic acids is 1. The van der Waals surface area contributed by atoms with Crippen molar-refractivity contribution < 1.29 is 9.90 Å². The number of carbonyl (C=O) groups is 1. The number of carboxylic acid groups (broad SMARTS) is 1. The Kier molecular flexibility index (Phi) is 3.36. The highest BCUT2D eigenvalue weighted by molar-refractivity contribution is 5.73. The largest absolute Gasteiger partial charge is 0.480 e. The van der Waals surface area contributed by atoms with Crippen LogP contribution in [0.2, 0.25) is 0 Å². The molecule has 0 heterocycles. The lowest BCUT2D eigenvalue weighted by Gasteiger charge is -2.18. The minimum absolute atomic E-state index is 0.0394. The van der Waals surface area contributed by atoms with Crippen molar-refractivity contribution in [3.05, 3.63) is 0 Å². The molecule has 0 amide bonds. The van der Waals surface area contributed by atoms with Crippen LogP contribution in [0.4, 0.5) is 0 Å². The van der Waals surface area contributed by atoms with Crippen LogP contribution >= 0.6 is 0 Å². The maximum atomic E-state index is 10.3. The van der Waals surface area contributed by atoms with Crippen molar-refractivity contribution in [2.45, 2.75) is 26.8 Å². The summed E-state index contributed by atoms with van der Waals surface area (Å²) < 4.78 is 0. The van der Waals surface area contributed by atoms with Gasteiger partial charge >= 0.3 is 5.97 Å². The van der Waals surface area contributed by atoms with Crippen molar-refractivity contribution in [3.8, 4) is 0 Å². The van der Waals surface area contributed by atoms with Gasteiger partial charge in [0.25, 0.3) is 0 Å². The van der Waals surface area contributed by atoms with E-state index in [1.165, 1.54) is 0 Å². The fourth-order valence-electron chi connectivity index (χ4n) is 0.640. The molecule has 0 unspecified atom stereocenters. The highest BCUT2D eigenvalue weighted by Gasteiger charge is 2.21. The standard InChI is InChI=1S/C7H15NO2/c1-4(2)5(3)6(8)7(9)10/h4-6H,8H2,1-3H3,(H,9,10)/t5-,6-/m1/s1. The van der Waals surface area contributed by atoms with E-state index in [9.17, 15) is 4.79 Å². The molecule has 3 heteroatoms. The normalized spacial score (nSPS) is 16.9. The Morgan fingerprint density at radius 1 is 1.40 bits per heavy atom. The Morgan fingerprint density at radius 3 is 1.90 bits per heavy atom. The minimum atomic E-state index is -0.916. The highest BCUT2D eigenvalue weighted by Crippen LogP contribution is 2.12. The number of hydrogen-bond acceptors (Lipinski definition) is 2. The van der Waals surface area contributed by atoms with Gasteiger partial charge in [0.1, 0.15) is 6.04 Å². The molecule has 0 saturated heterocycles. The van der Waals surface area contributed by atoms with Gasteiger partial charge in [-0.3, -0.25) is 4.79 Å². The van der Waals surface area contributed by atoms with E-state index in [-0.39, 0.29) is 5.92 Å². The number of nitrogens with two attached hydrogens (primary N) is 1. The zero-order valence-electron chi connectivity index (χ0n) is 6.66. The van der Waals surface area contributed by atoms with Crippen LogP contribution in [0.15, 0.2) is 0 Å². The van der Waals surface area contributed by atoms with Gasteiger partial charge in [-0.1, -0.05) is 20.8 Å². The van der Waals surface area contributed by atoms with Crippen LogP contribution in [0.1, 0.15) is 20.8 Å². The third kappa shape index (κ3) is 2.35. The van der Waals surface area contributed by atoms with Gasteiger partial charge in [0.05, 0.1) is 0 Å². The summed E-state index contributed by atoms with van der Waals surface area (Å²) in [5.74, 6) is -0.551. The third-order valence-corrected chi connectivity index (χ3v) is 1.90. The Hall–Kier alpha value is -0.570. The van der Waals surface area contributed by atoms with E-state index in [1.54, 1.807) is 0 Å². The maximum absolute atomic E-state index is 10.3. The van der Waals surface area contributed by atoms with E-state index in [1.807, 2.05) is 20.8 Å². The van der Waals surface area contributed by atoms with Crippen LogP contribution in [0.5, 0.6) is 0 Å². The number of hydrogen-bond donors (Lipinski definition) is 2. The minimum Gasteiger partial charge on any atom is -0.480 e. The van der Waals surface area contributed by atoms with Crippen molar-refractivity contribution in [2.75, 3.05) is 0 Å². The predicted octanol–water partition coefficient (Wildman–Crippen LogP) is 0.690. The van der Waals surface area contributed by atoms with E-state index < -0.39 is 12.0 Å². The molecule has 3 nitrogen and oxygen atoms in total. The molecular weight excluding hydrogens is 130 g/mol. The fraction of sp³-hybridized carbons (Fsp3) is 0.857. The smallest absolute Gasteiger partial charge is 0.320 e. The van der Waals surface area contributed by atoms with Crippen LogP contribution in [-0.2, 0) is 4.79 Å². The zero-order chi connectivity index (χ0) is 8.31. The monoisotopic (exact) mass is 145 g/mol. The number of rotatable bonds is 3. The van der Waals surface area contributed by atoms with Gasteiger partial charge < -0.3 is 10.8 Å². The first-order chi connectivity index (χ1) is 4.46. The summed E-state index contributed by atoms with van der Waals surface area (Å²) in [5, 5.41) is 8.48. The molecule has 0 aliphatic rings. The average Bonchev–Trinajstić information content (AvgIpc) is 1.84. The average molecular weight is 145 g/mol. The van der Waals surface area contributed by atoms with Crippen LogP contribution in [0.3, 0.4) is 0 Å². The molecule has 0 rings (SSSR count). The van der Waals surface area contributed by atoms with Crippen molar-refractivity contribution in [3.63, 3.8) is 0 Å². The van der Waals surface area contributed by atoms with Gasteiger partial charge in [0.15, 0.2) is 0 Å². The molecule has 0 radical (unpaired) electrons. The number of carboxylic acids is 1. The van der Waals surface area contributed by atoms with E-state index in [0.717, 1.165) is 0 Å². The summed E-state index contributed by atoms with van der Waals surface area (Å²) in [5.41, 5.74) is 5.36. The molecule has 0 fully saturated rings. The molecule has 0 aliphatic carbocycles. The van der Waals surface area contributed by atoms with Crippen molar-refractivity contribution >= 4 is 5.97 Å². The second-order valence-corrected chi connectivity index (χ2v) is 2.97. The maximum Gasteiger partial charge on any atom is 0.320 e. The molecule has 0 aromatic rings. The van der Waals surface area contributed by atoms with Crippen LogP contribution in [0, 0.1) is 11.8 Å². The van der Waals surface area contributed by atoms with Gasteiger partial charge in [0, 0.05) is 0 Å². The lowest BCUT2D eigenvalue weighted by molar-refractivity contribution is -0.140.